The van der Waals surface area contributed by atoms with Crippen LogP contribution in [0.2, 0.25) is 0 Å². The highest BCUT2D eigenvalue weighted by molar-refractivity contribution is 7.46. The van der Waals surface area contributed by atoms with Crippen LogP contribution in [0.15, 0.2) is 60.3 Å². The SMILES string of the molecule is COc1ccc(CN2C=CC=CC2=C2OCCO2)cc1.O=P(O)(O)F.O=P(O)(O)F.O=P(O)(O)F.O=P(O)(O)F.O=P(O)(O)F.O=P(O)(O)F. The van der Waals surface area contributed by atoms with Crippen LogP contribution in [0.1, 0.15) is 5.56 Å². The van der Waals surface area contributed by atoms with Crippen LogP contribution in [0, 0.1) is 0 Å². The van der Waals surface area contributed by atoms with Gasteiger partial charge in [0.05, 0.1) is 7.11 Å². The monoisotopic (exact) mass is 871 g/mol. The van der Waals surface area contributed by atoms with Gasteiger partial charge in [-0.3, -0.25) is 58.7 Å². The van der Waals surface area contributed by atoms with Crippen LogP contribution in [0.5, 0.6) is 5.75 Å². The first kappa shape index (κ1) is 54.9. The fourth-order valence-electron chi connectivity index (χ4n) is 2.19. The average molecular weight is 871 g/mol. The first-order valence-corrected chi connectivity index (χ1v) is 20.1. The number of allylic oxidation sites excluding steroid dienone is 3. The van der Waals surface area contributed by atoms with E-state index < -0.39 is 47.4 Å². The van der Waals surface area contributed by atoms with Gasteiger partial charge in [0.25, 0.3) is 0 Å². The Balaban J connectivity index is -0.000000291. The van der Waals surface area contributed by atoms with E-state index in [-0.39, 0.29) is 0 Å². The molecule has 0 bridgehead atoms. The van der Waals surface area contributed by atoms with Crippen LogP contribution in [0.3, 0.4) is 0 Å². The number of benzene rings is 1. The Morgan fingerprint density at radius 1 is 0.600 bits per heavy atom. The van der Waals surface area contributed by atoms with Crippen LogP contribution >= 0.6 is 47.4 Å². The van der Waals surface area contributed by atoms with Crippen LogP contribution in [0.4, 0.5) is 25.2 Å². The van der Waals surface area contributed by atoms with Gasteiger partial charge < -0.3 is 19.1 Å². The van der Waals surface area contributed by atoms with Crippen molar-refractivity contribution in [3.8, 4) is 5.75 Å². The molecule has 2 aliphatic rings. The van der Waals surface area contributed by atoms with E-state index in [2.05, 4.69) is 17.0 Å². The maximum atomic E-state index is 10.4. The normalized spacial score (nSPS) is 13.9. The molecule has 1 saturated heterocycles. The van der Waals surface area contributed by atoms with Crippen LogP contribution in [0.25, 0.3) is 0 Å². The molecule has 0 radical (unpaired) electrons. The summed E-state index contributed by atoms with van der Waals surface area (Å²) in [5, 5.41) is 0. The molecule has 2 heterocycles. The second-order valence-electron chi connectivity index (χ2n) is 7.38. The molecule has 1 aromatic carbocycles. The van der Waals surface area contributed by atoms with Crippen molar-refractivity contribution < 1.29 is 126 Å². The van der Waals surface area contributed by atoms with E-state index in [4.69, 9.17) is 100 Å². The van der Waals surface area contributed by atoms with Crippen molar-refractivity contribution in [2.45, 2.75) is 6.54 Å². The third kappa shape index (κ3) is 72.0. The third-order valence-electron chi connectivity index (χ3n) is 3.21. The zero-order valence-corrected chi connectivity index (χ0v) is 29.5. The van der Waals surface area contributed by atoms with Crippen molar-refractivity contribution >= 4 is 47.4 Å². The van der Waals surface area contributed by atoms with E-state index in [1.54, 1.807) is 7.11 Å². The maximum absolute atomic E-state index is 10.4. The first-order valence-electron chi connectivity index (χ1n) is 11.1. The number of hydrogen-bond donors (Lipinski definition) is 12. The Bertz CT molecular complexity index is 1280. The van der Waals surface area contributed by atoms with E-state index in [0.717, 1.165) is 18.0 Å². The molecule has 34 heteroatoms. The lowest BCUT2D eigenvalue weighted by atomic mass is 10.2. The number of hydrogen-bond acceptors (Lipinski definition) is 10. The zero-order chi connectivity index (χ0) is 40.8. The summed E-state index contributed by atoms with van der Waals surface area (Å²) in [7, 11) is -29.2. The fourth-order valence-corrected chi connectivity index (χ4v) is 2.19. The minimum atomic E-state index is -5.14. The van der Waals surface area contributed by atoms with Crippen molar-refractivity contribution in [1.82, 2.24) is 4.90 Å². The van der Waals surface area contributed by atoms with E-state index in [1.807, 2.05) is 36.6 Å². The summed E-state index contributed by atoms with van der Waals surface area (Å²) >= 11 is 0. The summed E-state index contributed by atoms with van der Waals surface area (Å²) in [5.41, 5.74) is 2.16. The maximum Gasteiger partial charge on any atom is 0.507 e. The van der Waals surface area contributed by atoms with Gasteiger partial charge in [-0.05, 0) is 29.8 Å². The van der Waals surface area contributed by atoms with Crippen molar-refractivity contribution in [1.29, 1.82) is 0 Å². The Hall–Kier alpha value is -1.88. The van der Waals surface area contributed by atoms with Crippen LogP contribution < -0.4 is 4.74 Å². The molecule has 1 aromatic rings. The van der Waals surface area contributed by atoms with Gasteiger partial charge in [-0.1, -0.05) is 18.2 Å². The highest BCUT2D eigenvalue weighted by Gasteiger charge is 2.19. The van der Waals surface area contributed by atoms with Gasteiger partial charge in [0.1, 0.15) is 24.7 Å². The Morgan fingerprint density at radius 2 is 0.900 bits per heavy atom. The summed E-state index contributed by atoms with van der Waals surface area (Å²) in [6.07, 6.45) is 8.02. The Morgan fingerprint density at radius 3 is 1.18 bits per heavy atom. The molecule has 2 aliphatic heterocycles. The minimum Gasteiger partial charge on any atom is -0.497 e. The van der Waals surface area contributed by atoms with E-state index in [0.29, 0.717) is 19.2 Å². The number of halogens is 6. The fraction of sp³-hybridized carbons (Fsp3) is 0.250. The number of methoxy groups -OCH3 is 1. The summed E-state index contributed by atoms with van der Waals surface area (Å²) in [4.78, 5) is 85.7. The lowest BCUT2D eigenvalue weighted by Crippen LogP contribution is -2.18. The quantitative estimate of drug-likeness (QED) is 0.153. The van der Waals surface area contributed by atoms with Gasteiger partial charge in [-0.25, -0.2) is 27.4 Å². The number of rotatable bonds is 3. The van der Waals surface area contributed by atoms with Crippen LogP contribution in [-0.4, -0.2) is 83.9 Å². The second kappa shape index (κ2) is 25.2. The molecule has 0 aliphatic carbocycles. The topological polar surface area (TPSA) is 376 Å². The lowest BCUT2D eigenvalue weighted by Gasteiger charge is -2.24. The Labute approximate surface area is 276 Å². The molecule has 0 saturated carbocycles. The summed E-state index contributed by atoms with van der Waals surface area (Å²) in [5.74, 6) is 1.47. The second-order valence-corrected chi connectivity index (χ2v) is 13.1. The van der Waals surface area contributed by atoms with Gasteiger partial charge in [-0.2, -0.15) is 0 Å². The summed E-state index contributed by atoms with van der Waals surface area (Å²) in [6.45, 7) is 2.00. The predicted molar refractivity (Wildman–Crippen MR) is 155 cm³/mol. The molecule has 0 aromatic heterocycles. The largest absolute Gasteiger partial charge is 0.507 e. The summed E-state index contributed by atoms with van der Waals surface area (Å²) in [6, 6.07) is 8.05. The Kier molecular flexibility index (Phi) is 27.6. The highest BCUT2D eigenvalue weighted by atomic mass is 31.2. The third-order valence-corrected chi connectivity index (χ3v) is 3.21. The van der Waals surface area contributed by atoms with E-state index in [9.17, 15) is 25.2 Å². The molecular formula is C16H29F6NO21P6. The van der Waals surface area contributed by atoms with Crippen molar-refractivity contribution in [3.05, 3.63) is 65.9 Å². The smallest absolute Gasteiger partial charge is 0.497 e. The van der Waals surface area contributed by atoms with Crippen molar-refractivity contribution in [2.75, 3.05) is 20.3 Å². The van der Waals surface area contributed by atoms with E-state index in [1.165, 1.54) is 5.56 Å². The molecular weight excluding hydrogens is 842 g/mol. The molecule has 50 heavy (non-hydrogen) atoms. The molecule has 22 nitrogen and oxygen atoms in total. The predicted octanol–water partition coefficient (Wildman–Crippen LogP) is 3.09. The molecule has 12 N–H and O–H groups in total. The minimum absolute atomic E-state index is 0.610. The van der Waals surface area contributed by atoms with Gasteiger partial charge >= 0.3 is 53.4 Å². The average Bonchev–Trinajstić information content (AvgIpc) is 3.33. The molecule has 0 atom stereocenters. The molecule has 296 valence electrons. The number of ether oxygens (including phenoxy) is 3. The van der Waals surface area contributed by atoms with Crippen molar-refractivity contribution in [3.63, 3.8) is 0 Å². The highest BCUT2D eigenvalue weighted by Crippen LogP contribution is 2.37. The lowest BCUT2D eigenvalue weighted by molar-refractivity contribution is 0.160. The first-order chi connectivity index (χ1) is 21.9. The molecule has 0 unspecified atom stereocenters. The number of nitrogens with zero attached hydrogens (tertiary/aromatic N) is 1. The zero-order valence-electron chi connectivity index (χ0n) is 24.2. The molecule has 3 rings (SSSR count). The molecule has 1 fully saturated rings. The van der Waals surface area contributed by atoms with Gasteiger partial charge in [0.15, 0.2) is 0 Å². The molecule has 0 amide bonds. The van der Waals surface area contributed by atoms with Crippen molar-refractivity contribution in [2.24, 2.45) is 0 Å². The van der Waals surface area contributed by atoms with Gasteiger partial charge in [-0.15, -0.1) is 25.2 Å². The standard InChI is InChI=1S/C16H17NO3.6FH2O3P/c1-18-14-7-5-13(6-8-14)12-17-9-3-2-4-15(17)16-19-10-11-20-16;6*1-5(2,3)4/h2-9H,10-12H2,1H3;6*(H2,2,3,4). The van der Waals surface area contributed by atoms with E-state index >= 15 is 0 Å². The van der Waals surface area contributed by atoms with Gasteiger partial charge in [0, 0.05) is 12.7 Å². The van der Waals surface area contributed by atoms with Gasteiger partial charge in [0.2, 0.25) is 0 Å². The van der Waals surface area contributed by atoms with Crippen LogP contribution in [-0.2, 0) is 43.4 Å². The summed E-state index contributed by atoms with van der Waals surface area (Å²) < 4.78 is 130. The molecule has 0 spiro atoms.